The Morgan fingerprint density at radius 2 is 2.00 bits per heavy atom. The number of hydrogen-bond acceptors (Lipinski definition) is 5. The van der Waals surface area contributed by atoms with E-state index in [0.29, 0.717) is 19.6 Å². The van der Waals surface area contributed by atoms with Gasteiger partial charge in [0.2, 0.25) is 0 Å². The predicted octanol–water partition coefficient (Wildman–Crippen LogP) is 2.48. The van der Waals surface area contributed by atoms with Crippen molar-refractivity contribution >= 4 is 12.3 Å². The van der Waals surface area contributed by atoms with Crippen LogP contribution in [0.3, 0.4) is 0 Å². The molecule has 1 atom stereocenters. The zero-order valence-electron chi connectivity index (χ0n) is 15.0. The molecule has 0 heterocycles. The standard InChI is InChI=1S/C17H27NO3.CH5N/c1-5-8-12-15(11-6-2)16(17(20)21-7-3)18(4)13-9-10-14-19;1-2/h6,8,11-12,14,16H,2,5,7,9-10,13H2,1,3-4H3;2H2,1H3/b12-8-,15-11+;. The number of nitrogens with zero attached hydrogens (tertiary/aromatic N) is 1. The van der Waals surface area contributed by atoms with Crippen LogP contribution in [0.1, 0.15) is 33.1 Å². The van der Waals surface area contributed by atoms with Gasteiger partial charge in [0.15, 0.2) is 0 Å². The molecule has 0 saturated heterocycles. The summed E-state index contributed by atoms with van der Waals surface area (Å²) in [5.74, 6) is -0.278. The Hall–Kier alpha value is -1.72. The molecule has 0 rings (SSSR count). The summed E-state index contributed by atoms with van der Waals surface area (Å²) >= 11 is 0. The fraction of sp³-hybridized carbons (Fsp3) is 0.556. The maximum Gasteiger partial charge on any atom is 0.327 e. The number of allylic oxidation sites excluding steroid dienone is 3. The lowest BCUT2D eigenvalue weighted by Gasteiger charge is -2.27. The molecule has 0 aromatic rings. The van der Waals surface area contributed by atoms with Crippen molar-refractivity contribution in [3.63, 3.8) is 0 Å². The number of esters is 1. The molecule has 0 amide bonds. The number of hydrogen-bond donors (Lipinski definition) is 1. The summed E-state index contributed by atoms with van der Waals surface area (Å²) in [5.41, 5.74) is 5.35. The van der Waals surface area contributed by atoms with Gasteiger partial charge in [-0.3, -0.25) is 4.90 Å². The Bertz CT molecular complexity index is 390. The zero-order chi connectivity index (χ0) is 18.1. The molecule has 1 unspecified atom stereocenters. The van der Waals surface area contributed by atoms with Crippen LogP contribution in [0.2, 0.25) is 0 Å². The monoisotopic (exact) mass is 324 g/mol. The molecular formula is C18H32N2O3. The normalized spacial score (nSPS) is 12.5. The van der Waals surface area contributed by atoms with E-state index in [2.05, 4.69) is 12.3 Å². The maximum absolute atomic E-state index is 12.3. The van der Waals surface area contributed by atoms with Crippen molar-refractivity contribution in [2.75, 3.05) is 27.2 Å². The first-order chi connectivity index (χ1) is 11.1. The molecule has 0 aliphatic carbocycles. The maximum atomic E-state index is 12.3. The third-order valence-corrected chi connectivity index (χ3v) is 2.96. The molecule has 5 nitrogen and oxygen atoms in total. The van der Waals surface area contributed by atoms with Crippen LogP contribution in [-0.2, 0) is 14.3 Å². The van der Waals surface area contributed by atoms with E-state index in [1.807, 2.05) is 37.1 Å². The number of rotatable bonds is 11. The highest BCUT2D eigenvalue weighted by Crippen LogP contribution is 2.15. The third kappa shape index (κ3) is 10.6. The minimum Gasteiger partial charge on any atom is -0.465 e. The summed E-state index contributed by atoms with van der Waals surface area (Å²) in [6.45, 7) is 8.53. The Balaban J connectivity index is 0. The lowest BCUT2D eigenvalue weighted by Crippen LogP contribution is -2.41. The first-order valence-corrected chi connectivity index (χ1v) is 7.99. The average molecular weight is 324 g/mol. The van der Waals surface area contributed by atoms with Gasteiger partial charge in [0, 0.05) is 6.42 Å². The second-order valence-corrected chi connectivity index (χ2v) is 4.66. The van der Waals surface area contributed by atoms with Gasteiger partial charge in [0.05, 0.1) is 6.61 Å². The Labute approximate surface area is 140 Å². The first kappa shape index (κ1) is 23.5. The highest BCUT2D eigenvalue weighted by molar-refractivity contribution is 5.80. The van der Waals surface area contributed by atoms with Crippen LogP contribution in [0.4, 0.5) is 0 Å². The molecule has 0 bridgehead atoms. The molecule has 0 aliphatic heterocycles. The molecule has 0 aromatic heterocycles. The fourth-order valence-corrected chi connectivity index (χ4v) is 1.97. The number of ether oxygens (including phenoxy) is 1. The molecule has 0 aliphatic rings. The second-order valence-electron chi connectivity index (χ2n) is 4.66. The van der Waals surface area contributed by atoms with Gasteiger partial charge >= 0.3 is 5.97 Å². The summed E-state index contributed by atoms with van der Waals surface area (Å²) in [4.78, 5) is 24.6. The molecule has 0 radical (unpaired) electrons. The molecular weight excluding hydrogens is 292 g/mol. The summed E-state index contributed by atoms with van der Waals surface area (Å²) in [6.07, 6.45) is 10.4. The molecule has 2 N–H and O–H groups in total. The van der Waals surface area contributed by atoms with Gasteiger partial charge < -0.3 is 15.3 Å². The van der Waals surface area contributed by atoms with Crippen molar-refractivity contribution in [1.29, 1.82) is 0 Å². The Kier molecular flexibility index (Phi) is 17.0. The number of unbranched alkanes of at least 4 members (excludes halogenated alkanes) is 1. The van der Waals surface area contributed by atoms with Crippen molar-refractivity contribution in [3.8, 4) is 0 Å². The number of aldehydes is 1. The Morgan fingerprint density at radius 1 is 1.35 bits per heavy atom. The van der Waals surface area contributed by atoms with Crippen LogP contribution in [0, 0.1) is 0 Å². The molecule has 5 heteroatoms. The highest BCUT2D eigenvalue weighted by atomic mass is 16.5. The van der Waals surface area contributed by atoms with Crippen LogP contribution in [0.5, 0.6) is 0 Å². The second kappa shape index (κ2) is 16.6. The van der Waals surface area contributed by atoms with Crippen molar-refractivity contribution < 1.29 is 14.3 Å². The van der Waals surface area contributed by atoms with E-state index in [0.717, 1.165) is 24.7 Å². The van der Waals surface area contributed by atoms with E-state index in [-0.39, 0.29) is 5.97 Å². The van der Waals surface area contributed by atoms with Gasteiger partial charge in [-0.25, -0.2) is 4.79 Å². The third-order valence-electron chi connectivity index (χ3n) is 2.96. The lowest BCUT2D eigenvalue weighted by atomic mass is 10.0. The summed E-state index contributed by atoms with van der Waals surface area (Å²) < 4.78 is 5.18. The summed E-state index contributed by atoms with van der Waals surface area (Å²) in [7, 11) is 3.36. The molecule has 132 valence electrons. The van der Waals surface area contributed by atoms with E-state index < -0.39 is 6.04 Å². The zero-order valence-corrected chi connectivity index (χ0v) is 15.0. The minimum absolute atomic E-state index is 0.278. The van der Waals surface area contributed by atoms with Gasteiger partial charge in [-0.2, -0.15) is 0 Å². The van der Waals surface area contributed by atoms with Crippen LogP contribution in [0.25, 0.3) is 0 Å². The van der Waals surface area contributed by atoms with Gasteiger partial charge in [-0.05, 0) is 46.0 Å². The van der Waals surface area contributed by atoms with E-state index in [1.54, 1.807) is 13.0 Å². The van der Waals surface area contributed by atoms with Crippen molar-refractivity contribution in [2.24, 2.45) is 5.73 Å². The quantitative estimate of drug-likeness (QED) is 0.274. The van der Waals surface area contributed by atoms with Gasteiger partial charge in [0.1, 0.15) is 12.3 Å². The van der Waals surface area contributed by atoms with Gasteiger partial charge in [-0.15, -0.1) is 0 Å². The number of carbonyl (C=O) groups excluding carboxylic acids is 2. The molecule has 0 aromatic carbocycles. The number of nitrogens with two attached hydrogens (primary N) is 1. The highest BCUT2D eigenvalue weighted by Gasteiger charge is 2.26. The summed E-state index contributed by atoms with van der Waals surface area (Å²) in [6, 6.07) is -0.475. The smallest absolute Gasteiger partial charge is 0.327 e. The molecule has 0 fully saturated rings. The van der Waals surface area contributed by atoms with Crippen molar-refractivity contribution in [1.82, 2.24) is 4.90 Å². The molecule has 0 saturated carbocycles. The fourth-order valence-electron chi connectivity index (χ4n) is 1.97. The number of carbonyl (C=O) groups is 2. The van der Waals surface area contributed by atoms with Crippen LogP contribution in [0.15, 0.2) is 36.5 Å². The molecule has 0 spiro atoms. The van der Waals surface area contributed by atoms with Gasteiger partial charge in [0.25, 0.3) is 0 Å². The van der Waals surface area contributed by atoms with Crippen LogP contribution in [-0.4, -0.2) is 50.4 Å². The lowest BCUT2D eigenvalue weighted by molar-refractivity contribution is -0.147. The van der Waals surface area contributed by atoms with E-state index in [9.17, 15) is 9.59 Å². The van der Waals surface area contributed by atoms with Gasteiger partial charge in [-0.1, -0.05) is 37.8 Å². The SMILES string of the molecule is C=C/C=C(\C=C/CC)C(C(=O)OCC)N(C)CCCC=O.CN. The Morgan fingerprint density at radius 3 is 2.48 bits per heavy atom. The van der Waals surface area contributed by atoms with E-state index in [4.69, 9.17) is 4.74 Å². The van der Waals surface area contributed by atoms with Crippen LogP contribution < -0.4 is 5.73 Å². The van der Waals surface area contributed by atoms with E-state index in [1.165, 1.54) is 7.05 Å². The van der Waals surface area contributed by atoms with Crippen molar-refractivity contribution in [3.05, 3.63) is 36.5 Å². The van der Waals surface area contributed by atoms with E-state index >= 15 is 0 Å². The predicted molar refractivity (Wildman–Crippen MR) is 96.2 cm³/mol. The van der Waals surface area contributed by atoms with Crippen LogP contribution >= 0.6 is 0 Å². The minimum atomic E-state index is -0.475. The topological polar surface area (TPSA) is 72.6 Å². The number of likely N-dealkylation sites (N-methyl/N-ethyl adjacent to an activating group) is 1. The molecule has 23 heavy (non-hydrogen) atoms. The van der Waals surface area contributed by atoms with Crippen molar-refractivity contribution in [2.45, 2.75) is 39.2 Å². The largest absolute Gasteiger partial charge is 0.465 e. The average Bonchev–Trinajstić information content (AvgIpc) is 2.55. The summed E-state index contributed by atoms with van der Waals surface area (Å²) in [5, 5.41) is 0. The first-order valence-electron chi connectivity index (χ1n) is 7.99.